The Balaban J connectivity index is 2.34. The molecular weight excluding hydrogens is 230 g/mol. The minimum Gasteiger partial charge on any atom is -0.383 e. The molecule has 1 rings (SSSR count). The quantitative estimate of drug-likeness (QED) is 0.686. The highest BCUT2D eigenvalue weighted by Crippen LogP contribution is 2.17. The number of methoxy groups -OCH3 is 1. The lowest BCUT2D eigenvalue weighted by molar-refractivity contribution is -0.137. The Morgan fingerprint density at radius 2 is 2.19 bits per heavy atom. The monoisotopic (exact) mass is 249 g/mol. The molecular formula is C11H20ClNO3. The average Bonchev–Trinajstić information content (AvgIpc) is 2.29. The van der Waals surface area contributed by atoms with E-state index >= 15 is 0 Å². The predicted octanol–water partition coefficient (Wildman–Crippen LogP) is 1.13. The molecule has 94 valence electrons. The maximum atomic E-state index is 12.0. The van der Waals surface area contributed by atoms with E-state index in [-0.39, 0.29) is 17.2 Å². The fourth-order valence-corrected chi connectivity index (χ4v) is 2.21. The van der Waals surface area contributed by atoms with E-state index in [1.807, 2.05) is 0 Å². The Morgan fingerprint density at radius 3 is 2.75 bits per heavy atom. The Kier molecular flexibility index (Phi) is 6.09. The van der Waals surface area contributed by atoms with Crippen LogP contribution in [0.1, 0.15) is 12.8 Å². The van der Waals surface area contributed by atoms with Crippen molar-refractivity contribution in [1.82, 2.24) is 4.90 Å². The Morgan fingerprint density at radius 1 is 1.56 bits per heavy atom. The fourth-order valence-electron chi connectivity index (χ4n) is 1.88. The highest BCUT2D eigenvalue weighted by molar-refractivity contribution is 6.21. The molecule has 16 heavy (non-hydrogen) atoms. The van der Waals surface area contributed by atoms with Crippen LogP contribution in [0.15, 0.2) is 0 Å². The second kappa shape index (κ2) is 7.09. The van der Waals surface area contributed by atoms with E-state index in [9.17, 15) is 4.79 Å². The lowest BCUT2D eigenvalue weighted by atomic mass is 9.99. The normalized spacial score (nSPS) is 19.4. The van der Waals surface area contributed by atoms with Gasteiger partial charge in [0, 0.05) is 39.8 Å². The molecule has 1 unspecified atom stereocenters. The third-order valence-corrected chi connectivity index (χ3v) is 3.03. The Bertz CT molecular complexity index is 219. The molecule has 1 heterocycles. The maximum absolute atomic E-state index is 12.0. The van der Waals surface area contributed by atoms with Gasteiger partial charge in [0.25, 0.3) is 0 Å². The van der Waals surface area contributed by atoms with Gasteiger partial charge in [-0.3, -0.25) is 4.79 Å². The summed E-state index contributed by atoms with van der Waals surface area (Å²) < 4.78 is 10.2. The van der Waals surface area contributed by atoms with Crippen molar-refractivity contribution in [3.8, 4) is 0 Å². The number of amides is 1. The van der Waals surface area contributed by atoms with Gasteiger partial charge in [0.2, 0.25) is 5.91 Å². The zero-order valence-electron chi connectivity index (χ0n) is 9.95. The van der Waals surface area contributed by atoms with Gasteiger partial charge < -0.3 is 14.4 Å². The van der Waals surface area contributed by atoms with Crippen molar-refractivity contribution >= 4 is 17.5 Å². The molecule has 0 aliphatic carbocycles. The van der Waals surface area contributed by atoms with Crippen LogP contribution in [0.25, 0.3) is 0 Å². The number of nitrogens with zero attached hydrogens (tertiary/aromatic N) is 1. The van der Waals surface area contributed by atoms with Gasteiger partial charge in [-0.2, -0.15) is 0 Å². The van der Waals surface area contributed by atoms with Crippen molar-refractivity contribution in [2.24, 2.45) is 5.92 Å². The minimum absolute atomic E-state index is 0.102. The van der Waals surface area contributed by atoms with Crippen LogP contribution in [0.2, 0.25) is 0 Å². The number of carbonyl (C=O) groups excluding carboxylic acids is 1. The van der Waals surface area contributed by atoms with E-state index in [0.29, 0.717) is 26.4 Å². The third kappa shape index (κ3) is 4.28. The van der Waals surface area contributed by atoms with E-state index in [4.69, 9.17) is 21.1 Å². The van der Waals surface area contributed by atoms with Crippen LogP contribution < -0.4 is 0 Å². The van der Waals surface area contributed by atoms with Gasteiger partial charge in [0.1, 0.15) is 0 Å². The highest BCUT2D eigenvalue weighted by atomic mass is 35.5. The molecule has 5 heteroatoms. The van der Waals surface area contributed by atoms with E-state index < -0.39 is 0 Å². The van der Waals surface area contributed by atoms with Crippen LogP contribution in [0.4, 0.5) is 0 Å². The summed E-state index contributed by atoms with van der Waals surface area (Å²) in [5, 5.41) is -0.140. The molecule has 1 saturated heterocycles. The van der Waals surface area contributed by atoms with Crippen molar-refractivity contribution < 1.29 is 14.3 Å². The van der Waals surface area contributed by atoms with Gasteiger partial charge in [-0.15, -0.1) is 11.6 Å². The van der Waals surface area contributed by atoms with E-state index in [2.05, 4.69) is 0 Å². The van der Waals surface area contributed by atoms with Crippen LogP contribution in [-0.2, 0) is 14.3 Å². The molecule has 0 radical (unpaired) electrons. The van der Waals surface area contributed by atoms with Crippen LogP contribution in [0, 0.1) is 5.92 Å². The molecule has 1 aliphatic rings. The number of halogens is 1. The van der Waals surface area contributed by atoms with Crippen LogP contribution in [-0.4, -0.2) is 56.7 Å². The molecule has 0 spiro atoms. The van der Waals surface area contributed by atoms with Crippen LogP contribution in [0.3, 0.4) is 0 Å². The Labute approximate surface area is 102 Å². The highest BCUT2D eigenvalue weighted by Gasteiger charge is 2.25. The molecule has 0 aromatic heterocycles. The van der Waals surface area contributed by atoms with Crippen LogP contribution in [0.5, 0.6) is 0 Å². The van der Waals surface area contributed by atoms with Gasteiger partial charge in [0.15, 0.2) is 0 Å². The summed E-state index contributed by atoms with van der Waals surface area (Å²) in [6.45, 7) is 2.37. The molecule has 1 aliphatic heterocycles. The van der Waals surface area contributed by atoms with Gasteiger partial charge in [-0.1, -0.05) is 0 Å². The molecule has 0 aromatic rings. The molecule has 4 nitrogen and oxygen atoms in total. The standard InChI is InChI=1S/C11H20ClNO3/c1-13(7-10(12)8-15-2)11(14)9-3-5-16-6-4-9/h9-10H,3-8H2,1-2H3. The topological polar surface area (TPSA) is 38.8 Å². The van der Waals surface area contributed by atoms with Gasteiger partial charge in [0.05, 0.1) is 12.0 Å². The minimum atomic E-state index is -0.140. The first kappa shape index (κ1) is 13.7. The summed E-state index contributed by atoms with van der Waals surface area (Å²) in [6, 6.07) is 0. The van der Waals surface area contributed by atoms with E-state index in [1.165, 1.54) is 0 Å². The van der Waals surface area contributed by atoms with Gasteiger partial charge in [-0.05, 0) is 12.8 Å². The van der Waals surface area contributed by atoms with Crippen molar-refractivity contribution in [3.05, 3.63) is 0 Å². The lowest BCUT2D eigenvalue weighted by Crippen LogP contribution is -2.39. The van der Waals surface area contributed by atoms with Gasteiger partial charge in [-0.25, -0.2) is 0 Å². The molecule has 1 fully saturated rings. The largest absolute Gasteiger partial charge is 0.383 e. The van der Waals surface area contributed by atoms with Crippen molar-refractivity contribution in [2.75, 3.05) is 40.5 Å². The summed E-state index contributed by atoms with van der Waals surface area (Å²) in [7, 11) is 3.40. The number of hydrogen-bond donors (Lipinski definition) is 0. The molecule has 0 aromatic carbocycles. The van der Waals surface area contributed by atoms with Gasteiger partial charge >= 0.3 is 0 Å². The first-order valence-corrected chi connectivity index (χ1v) is 6.04. The third-order valence-electron chi connectivity index (χ3n) is 2.77. The number of alkyl halides is 1. The summed E-state index contributed by atoms with van der Waals surface area (Å²) in [4.78, 5) is 13.7. The molecule has 1 atom stereocenters. The predicted molar refractivity (Wildman–Crippen MR) is 62.7 cm³/mol. The number of ether oxygens (including phenoxy) is 2. The first-order chi connectivity index (χ1) is 7.65. The first-order valence-electron chi connectivity index (χ1n) is 5.61. The summed E-state index contributed by atoms with van der Waals surface area (Å²) in [5.74, 6) is 0.273. The van der Waals surface area contributed by atoms with Crippen LogP contribution >= 0.6 is 11.6 Å². The van der Waals surface area contributed by atoms with E-state index in [0.717, 1.165) is 12.8 Å². The SMILES string of the molecule is COCC(Cl)CN(C)C(=O)C1CCOCC1. The van der Waals surface area contributed by atoms with Crippen molar-refractivity contribution in [1.29, 1.82) is 0 Å². The number of carbonyl (C=O) groups is 1. The second-order valence-corrected chi connectivity index (χ2v) is 4.78. The second-order valence-electron chi connectivity index (χ2n) is 4.16. The summed E-state index contributed by atoms with van der Waals surface area (Å²) in [5.41, 5.74) is 0. The zero-order valence-corrected chi connectivity index (χ0v) is 10.7. The lowest BCUT2D eigenvalue weighted by Gasteiger charge is -2.27. The van der Waals surface area contributed by atoms with E-state index in [1.54, 1.807) is 19.1 Å². The number of rotatable bonds is 5. The zero-order chi connectivity index (χ0) is 12.0. The summed E-state index contributed by atoms with van der Waals surface area (Å²) >= 11 is 6.02. The molecule has 0 N–H and O–H groups in total. The Hall–Kier alpha value is -0.320. The maximum Gasteiger partial charge on any atom is 0.225 e. The smallest absolute Gasteiger partial charge is 0.225 e. The van der Waals surface area contributed by atoms with Crippen molar-refractivity contribution in [2.45, 2.75) is 18.2 Å². The summed E-state index contributed by atoms with van der Waals surface area (Å²) in [6.07, 6.45) is 1.64. The molecule has 1 amide bonds. The molecule has 0 bridgehead atoms. The number of hydrogen-bond acceptors (Lipinski definition) is 3. The van der Waals surface area contributed by atoms with Crippen molar-refractivity contribution in [3.63, 3.8) is 0 Å². The molecule has 0 saturated carbocycles. The fraction of sp³-hybridized carbons (Fsp3) is 0.909. The average molecular weight is 250 g/mol.